The van der Waals surface area contributed by atoms with E-state index >= 15 is 0 Å². The summed E-state index contributed by atoms with van der Waals surface area (Å²) in [6, 6.07) is 16.6. The summed E-state index contributed by atoms with van der Waals surface area (Å²) in [4.78, 5) is 30.0. The molecule has 154 valence electrons. The van der Waals surface area contributed by atoms with Gasteiger partial charge in [0.1, 0.15) is 11.5 Å². The molecule has 30 heavy (non-hydrogen) atoms. The molecule has 0 bridgehead atoms. The highest BCUT2D eigenvalue weighted by Crippen LogP contribution is 2.33. The van der Waals surface area contributed by atoms with Gasteiger partial charge in [-0.1, -0.05) is 36.9 Å². The van der Waals surface area contributed by atoms with Crippen molar-refractivity contribution in [3.63, 3.8) is 0 Å². The summed E-state index contributed by atoms with van der Waals surface area (Å²) in [6.07, 6.45) is 0.870. The maximum absolute atomic E-state index is 12.8. The molecule has 0 aliphatic carbocycles. The van der Waals surface area contributed by atoms with Crippen molar-refractivity contribution >= 4 is 23.4 Å². The summed E-state index contributed by atoms with van der Waals surface area (Å²) in [5, 5.41) is 3.61. The number of rotatable bonds is 6. The van der Waals surface area contributed by atoms with Crippen LogP contribution in [0.4, 0.5) is 5.69 Å². The molecule has 4 rings (SSSR count). The summed E-state index contributed by atoms with van der Waals surface area (Å²) < 4.78 is 7.46. The van der Waals surface area contributed by atoms with Gasteiger partial charge in [0.25, 0.3) is 5.56 Å². The third kappa shape index (κ3) is 4.26. The van der Waals surface area contributed by atoms with E-state index in [9.17, 15) is 9.59 Å². The lowest BCUT2D eigenvalue weighted by Crippen LogP contribution is -2.30. The Morgan fingerprint density at radius 3 is 2.57 bits per heavy atom. The van der Waals surface area contributed by atoms with Gasteiger partial charge in [-0.05, 0) is 49.7 Å². The minimum Gasteiger partial charge on any atom is -0.457 e. The minimum absolute atomic E-state index is 0.0230. The van der Waals surface area contributed by atoms with Gasteiger partial charge in [-0.2, -0.15) is 0 Å². The molecule has 1 amide bonds. The first-order valence-electron chi connectivity index (χ1n) is 9.92. The Kier molecular flexibility index (Phi) is 5.90. The van der Waals surface area contributed by atoms with Crippen molar-refractivity contribution in [2.75, 3.05) is 11.1 Å². The zero-order valence-corrected chi connectivity index (χ0v) is 17.7. The van der Waals surface area contributed by atoms with Crippen LogP contribution in [-0.4, -0.2) is 21.2 Å². The van der Waals surface area contributed by atoms with Crippen molar-refractivity contribution in [3.8, 4) is 11.5 Å². The summed E-state index contributed by atoms with van der Waals surface area (Å²) in [5.74, 6) is 2.00. The number of ether oxygens (including phenoxy) is 1. The zero-order valence-electron chi connectivity index (χ0n) is 16.9. The van der Waals surface area contributed by atoms with Crippen LogP contribution in [0.15, 0.2) is 64.5 Å². The molecule has 1 N–H and O–H groups in total. The highest BCUT2D eigenvalue weighted by atomic mass is 32.2. The fraction of sp³-hybridized carbons (Fsp3) is 0.261. The van der Waals surface area contributed by atoms with Crippen LogP contribution in [0.5, 0.6) is 11.5 Å². The van der Waals surface area contributed by atoms with Crippen LogP contribution in [0, 0.1) is 6.92 Å². The number of hydrogen-bond donors (Lipinski definition) is 1. The van der Waals surface area contributed by atoms with Gasteiger partial charge in [0.2, 0.25) is 5.91 Å². The van der Waals surface area contributed by atoms with E-state index in [1.165, 1.54) is 11.8 Å². The van der Waals surface area contributed by atoms with Gasteiger partial charge >= 0.3 is 0 Å². The molecule has 0 saturated carbocycles. The molecule has 2 heterocycles. The first-order valence-corrected chi connectivity index (χ1v) is 10.9. The highest BCUT2D eigenvalue weighted by Gasteiger charge is 2.29. The Labute approximate surface area is 179 Å². The van der Waals surface area contributed by atoms with E-state index in [2.05, 4.69) is 10.3 Å². The van der Waals surface area contributed by atoms with Crippen molar-refractivity contribution in [2.45, 2.75) is 37.9 Å². The molecule has 0 saturated heterocycles. The fourth-order valence-electron chi connectivity index (χ4n) is 3.54. The number of thioether (sulfide) groups is 1. The first kappa shape index (κ1) is 20.2. The highest BCUT2D eigenvalue weighted by molar-refractivity contribution is 7.99. The van der Waals surface area contributed by atoms with E-state index in [4.69, 9.17) is 4.74 Å². The summed E-state index contributed by atoms with van der Waals surface area (Å²) >= 11 is 1.53. The monoisotopic (exact) mass is 421 g/mol. The quantitative estimate of drug-likeness (QED) is 0.590. The van der Waals surface area contributed by atoms with Crippen molar-refractivity contribution in [1.29, 1.82) is 0 Å². The van der Waals surface area contributed by atoms with E-state index in [0.717, 1.165) is 17.0 Å². The van der Waals surface area contributed by atoms with Crippen LogP contribution in [0.2, 0.25) is 0 Å². The molecule has 0 spiro atoms. The SMILES string of the molecule is CCc1c(C)nc2n(c1=O)C(CC(=O)Nc1ccc(Oc3ccccc3)cc1)CS2. The summed E-state index contributed by atoms with van der Waals surface area (Å²) in [5.41, 5.74) is 2.17. The van der Waals surface area contributed by atoms with Gasteiger partial charge in [0, 0.05) is 29.1 Å². The average molecular weight is 422 g/mol. The second-order valence-corrected chi connectivity index (χ2v) is 8.13. The van der Waals surface area contributed by atoms with Gasteiger partial charge in [0.05, 0.1) is 6.04 Å². The molecular formula is C23H23N3O3S. The number of carbonyl (C=O) groups is 1. The Morgan fingerprint density at radius 2 is 1.87 bits per heavy atom. The number of nitrogens with one attached hydrogen (secondary N) is 1. The largest absolute Gasteiger partial charge is 0.457 e. The second kappa shape index (κ2) is 8.75. The average Bonchev–Trinajstić information content (AvgIpc) is 3.13. The topological polar surface area (TPSA) is 73.2 Å². The standard InChI is InChI=1S/C23H23N3O3S/c1-3-20-15(2)24-23-26(22(20)28)17(14-30-23)13-21(27)25-16-9-11-19(12-10-16)29-18-7-5-4-6-8-18/h4-12,17H,3,13-14H2,1-2H3,(H,25,27). The maximum Gasteiger partial charge on any atom is 0.257 e. The predicted molar refractivity (Wildman–Crippen MR) is 119 cm³/mol. The molecule has 1 aromatic heterocycles. The van der Waals surface area contributed by atoms with Gasteiger partial charge in [-0.15, -0.1) is 0 Å². The van der Waals surface area contributed by atoms with E-state index in [1.807, 2.05) is 56.3 Å². The van der Waals surface area contributed by atoms with Crippen LogP contribution >= 0.6 is 11.8 Å². The third-order valence-electron chi connectivity index (χ3n) is 5.04. The van der Waals surface area contributed by atoms with Gasteiger partial charge in [-0.3, -0.25) is 14.2 Å². The van der Waals surface area contributed by atoms with E-state index in [-0.39, 0.29) is 23.9 Å². The number of amides is 1. The molecule has 1 unspecified atom stereocenters. The Hall–Kier alpha value is -3.06. The number of para-hydroxylation sites is 1. The number of fused-ring (bicyclic) bond motifs is 1. The van der Waals surface area contributed by atoms with Crippen LogP contribution in [-0.2, 0) is 11.2 Å². The third-order valence-corrected chi connectivity index (χ3v) is 6.14. The smallest absolute Gasteiger partial charge is 0.257 e. The molecular weight excluding hydrogens is 398 g/mol. The van der Waals surface area contributed by atoms with Crippen LogP contribution in [0.25, 0.3) is 0 Å². The minimum atomic E-state index is -0.184. The van der Waals surface area contributed by atoms with Crippen molar-refractivity contribution in [2.24, 2.45) is 0 Å². The lowest BCUT2D eigenvalue weighted by molar-refractivity contribution is -0.116. The number of aryl methyl sites for hydroxylation is 1. The number of benzene rings is 2. The van der Waals surface area contributed by atoms with Gasteiger partial charge in [0.15, 0.2) is 5.16 Å². The van der Waals surface area contributed by atoms with Crippen LogP contribution < -0.4 is 15.6 Å². The Morgan fingerprint density at radius 1 is 1.17 bits per heavy atom. The number of nitrogens with zero attached hydrogens (tertiary/aromatic N) is 2. The maximum atomic E-state index is 12.8. The fourth-order valence-corrected chi connectivity index (χ4v) is 4.72. The second-order valence-electron chi connectivity index (χ2n) is 7.14. The van der Waals surface area contributed by atoms with Crippen molar-refractivity contribution in [1.82, 2.24) is 9.55 Å². The van der Waals surface area contributed by atoms with E-state index < -0.39 is 0 Å². The van der Waals surface area contributed by atoms with E-state index in [1.54, 1.807) is 16.7 Å². The number of aromatic nitrogens is 2. The normalized spacial score (nSPS) is 14.9. The number of anilines is 1. The number of hydrogen-bond acceptors (Lipinski definition) is 5. The molecule has 0 radical (unpaired) electrons. The predicted octanol–water partition coefficient (Wildman–Crippen LogP) is 4.58. The molecule has 0 fully saturated rings. The van der Waals surface area contributed by atoms with Crippen LogP contribution in [0.3, 0.4) is 0 Å². The van der Waals surface area contributed by atoms with Gasteiger partial charge in [-0.25, -0.2) is 4.98 Å². The Balaban J connectivity index is 1.41. The lowest BCUT2D eigenvalue weighted by atomic mass is 10.1. The van der Waals surface area contributed by atoms with Crippen LogP contribution in [0.1, 0.15) is 30.6 Å². The van der Waals surface area contributed by atoms with Gasteiger partial charge < -0.3 is 10.1 Å². The summed E-state index contributed by atoms with van der Waals surface area (Å²) in [7, 11) is 0. The molecule has 6 nitrogen and oxygen atoms in total. The molecule has 2 aromatic carbocycles. The summed E-state index contributed by atoms with van der Waals surface area (Å²) in [6.45, 7) is 3.82. The molecule has 7 heteroatoms. The molecule has 1 aliphatic heterocycles. The molecule has 1 atom stereocenters. The number of carbonyl (C=O) groups excluding carboxylic acids is 1. The zero-order chi connectivity index (χ0) is 21.1. The molecule has 1 aliphatic rings. The van der Waals surface area contributed by atoms with E-state index in [0.29, 0.717) is 28.8 Å². The van der Waals surface area contributed by atoms with Crippen molar-refractivity contribution < 1.29 is 9.53 Å². The molecule has 3 aromatic rings. The lowest BCUT2D eigenvalue weighted by Gasteiger charge is -2.15. The Bertz CT molecular complexity index is 1110. The first-order chi connectivity index (χ1) is 14.5. The van der Waals surface area contributed by atoms with Crippen molar-refractivity contribution in [3.05, 3.63) is 76.2 Å².